The van der Waals surface area contributed by atoms with Gasteiger partial charge in [0.1, 0.15) is 0 Å². The molecule has 0 amide bonds. The van der Waals surface area contributed by atoms with E-state index in [0.29, 0.717) is 23.7 Å². The molecule has 0 aliphatic carbocycles. The monoisotopic (exact) mass is 341 g/mol. The van der Waals surface area contributed by atoms with Crippen molar-refractivity contribution in [1.29, 1.82) is 0 Å². The average molecular weight is 341 g/mol. The van der Waals surface area contributed by atoms with Gasteiger partial charge < -0.3 is 9.47 Å². The molecule has 0 N–H and O–H groups in total. The lowest BCUT2D eigenvalue weighted by atomic mass is 10.1. The molecule has 6 nitrogen and oxygen atoms in total. The Kier molecular flexibility index (Phi) is 5.89. The first-order valence-electron chi connectivity index (χ1n) is 7.74. The molecule has 0 fully saturated rings. The van der Waals surface area contributed by atoms with Crippen LogP contribution >= 0.6 is 0 Å². The largest absolute Gasteiger partial charge is 0.493 e. The number of carbonyl (C=O) groups excluding carboxylic acids is 1. The molecule has 0 bridgehead atoms. The molecule has 2 aromatic carbocycles. The third kappa shape index (κ3) is 4.44. The van der Waals surface area contributed by atoms with E-state index in [4.69, 9.17) is 9.47 Å². The molecule has 0 atom stereocenters. The van der Waals surface area contributed by atoms with Crippen LogP contribution in [0.3, 0.4) is 0 Å². The van der Waals surface area contributed by atoms with E-state index in [1.165, 1.54) is 12.1 Å². The Morgan fingerprint density at radius 2 is 1.96 bits per heavy atom. The van der Waals surface area contributed by atoms with Gasteiger partial charge in [-0.25, -0.2) is 0 Å². The van der Waals surface area contributed by atoms with Crippen LogP contribution in [-0.2, 0) is 0 Å². The Morgan fingerprint density at radius 1 is 1.20 bits per heavy atom. The Morgan fingerprint density at radius 3 is 2.60 bits per heavy atom. The molecule has 6 heteroatoms. The number of ether oxygens (including phenoxy) is 2. The van der Waals surface area contributed by atoms with E-state index in [0.717, 1.165) is 5.56 Å². The Balaban J connectivity index is 2.24. The first-order valence-corrected chi connectivity index (χ1v) is 7.74. The lowest BCUT2D eigenvalue weighted by Gasteiger charge is -2.09. The summed E-state index contributed by atoms with van der Waals surface area (Å²) in [5.74, 6) is 0.891. The number of aryl methyl sites for hydroxylation is 1. The molecule has 0 heterocycles. The van der Waals surface area contributed by atoms with Crippen molar-refractivity contribution in [2.24, 2.45) is 0 Å². The maximum Gasteiger partial charge on any atom is 0.273 e. The molecule has 130 valence electrons. The Bertz CT molecular complexity index is 827. The molecule has 2 rings (SSSR count). The standard InChI is InChI=1S/C19H19NO5/c1-4-25-19-11-14(7-10-18(19)24-3)6-9-17(21)15-8-5-13(2)16(12-15)20(22)23/h5-12H,4H2,1-3H3. The van der Waals surface area contributed by atoms with Crippen molar-refractivity contribution in [1.82, 2.24) is 0 Å². The van der Waals surface area contributed by atoms with Crippen molar-refractivity contribution >= 4 is 17.5 Å². The van der Waals surface area contributed by atoms with Gasteiger partial charge >= 0.3 is 0 Å². The smallest absolute Gasteiger partial charge is 0.273 e. The summed E-state index contributed by atoms with van der Waals surface area (Å²) < 4.78 is 10.7. The normalized spacial score (nSPS) is 10.7. The number of nitro groups is 1. The van der Waals surface area contributed by atoms with Crippen LogP contribution in [0.4, 0.5) is 5.69 Å². The summed E-state index contributed by atoms with van der Waals surface area (Å²) >= 11 is 0. The number of ketones is 1. The Hall–Kier alpha value is -3.15. The zero-order chi connectivity index (χ0) is 18.4. The molecular formula is C19H19NO5. The van der Waals surface area contributed by atoms with Gasteiger partial charge in [-0.2, -0.15) is 0 Å². The molecule has 0 saturated carbocycles. The van der Waals surface area contributed by atoms with Gasteiger partial charge in [0.25, 0.3) is 5.69 Å². The topological polar surface area (TPSA) is 78.7 Å². The fourth-order valence-electron chi connectivity index (χ4n) is 2.29. The summed E-state index contributed by atoms with van der Waals surface area (Å²) in [6.07, 6.45) is 3.02. The molecule has 0 aliphatic heterocycles. The predicted molar refractivity (Wildman–Crippen MR) is 95.4 cm³/mol. The molecule has 0 spiro atoms. The number of allylic oxidation sites excluding steroid dienone is 1. The number of nitrogens with zero attached hydrogens (tertiary/aromatic N) is 1. The third-order valence-corrected chi connectivity index (χ3v) is 3.61. The number of nitro benzene ring substituents is 1. The number of hydrogen-bond donors (Lipinski definition) is 0. The van der Waals surface area contributed by atoms with Gasteiger partial charge in [0.15, 0.2) is 17.3 Å². The van der Waals surface area contributed by atoms with Crippen molar-refractivity contribution in [2.75, 3.05) is 13.7 Å². The van der Waals surface area contributed by atoms with E-state index in [1.807, 2.05) is 6.92 Å². The minimum absolute atomic E-state index is 0.0673. The molecule has 0 aromatic heterocycles. The van der Waals surface area contributed by atoms with Gasteiger partial charge in [0, 0.05) is 17.2 Å². The van der Waals surface area contributed by atoms with E-state index in [1.54, 1.807) is 50.4 Å². The Labute approximate surface area is 145 Å². The lowest BCUT2D eigenvalue weighted by molar-refractivity contribution is -0.385. The van der Waals surface area contributed by atoms with Crippen LogP contribution in [0.15, 0.2) is 42.5 Å². The van der Waals surface area contributed by atoms with Gasteiger partial charge in [-0.15, -0.1) is 0 Å². The van der Waals surface area contributed by atoms with Crippen molar-refractivity contribution < 1.29 is 19.2 Å². The van der Waals surface area contributed by atoms with Crippen LogP contribution in [0, 0.1) is 17.0 Å². The second-order valence-corrected chi connectivity index (χ2v) is 5.30. The maximum atomic E-state index is 12.3. The molecule has 0 saturated heterocycles. The zero-order valence-electron chi connectivity index (χ0n) is 14.3. The predicted octanol–water partition coefficient (Wildman–Crippen LogP) is 4.21. The highest BCUT2D eigenvalue weighted by Crippen LogP contribution is 2.28. The van der Waals surface area contributed by atoms with E-state index >= 15 is 0 Å². The second kappa shape index (κ2) is 8.10. The maximum absolute atomic E-state index is 12.3. The van der Waals surface area contributed by atoms with Crippen LogP contribution in [-0.4, -0.2) is 24.4 Å². The highest BCUT2D eigenvalue weighted by atomic mass is 16.6. The van der Waals surface area contributed by atoms with E-state index in [-0.39, 0.29) is 17.0 Å². The summed E-state index contributed by atoms with van der Waals surface area (Å²) in [5, 5.41) is 11.0. The summed E-state index contributed by atoms with van der Waals surface area (Å²) in [6, 6.07) is 9.76. The minimum atomic E-state index is -0.492. The van der Waals surface area contributed by atoms with Gasteiger partial charge in [-0.3, -0.25) is 14.9 Å². The second-order valence-electron chi connectivity index (χ2n) is 5.30. The number of carbonyl (C=O) groups is 1. The fraction of sp³-hybridized carbons (Fsp3) is 0.211. The molecule has 0 radical (unpaired) electrons. The molecule has 0 aliphatic rings. The highest BCUT2D eigenvalue weighted by Gasteiger charge is 2.13. The van der Waals surface area contributed by atoms with Crippen LogP contribution in [0.2, 0.25) is 0 Å². The van der Waals surface area contributed by atoms with Crippen molar-refractivity contribution in [3.8, 4) is 11.5 Å². The summed E-state index contributed by atoms with van der Waals surface area (Å²) in [6.45, 7) is 4.00. The minimum Gasteiger partial charge on any atom is -0.493 e. The van der Waals surface area contributed by atoms with Crippen molar-refractivity contribution in [2.45, 2.75) is 13.8 Å². The fourth-order valence-corrected chi connectivity index (χ4v) is 2.29. The SMILES string of the molecule is CCOc1cc(C=CC(=O)c2ccc(C)c([N+](=O)[O-])c2)ccc1OC. The van der Waals surface area contributed by atoms with Gasteiger partial charge in [0.05, 0.1) is 18.6 Å². The lowest BCUT2D eigenvalue weighted by Crippen LogP contribution is -1.98. The van der Waals surface area contributed by atoms with Crippen LogP contribution < -0.4 is 9.47 Å². The number of hydrogen-bond acceptors (Lipinski definition) is 5. The molecule has 25 heavy (non-hydrogen) atoms. The summed E-state index contributed by atoms with van der Waals surface area (Å²) in [5.41, 5.74) is 1.48. The van der Waals surface area contributed by atoms with E-state index < -0.39 is 4.92 Å². The van der Waals surface area contributed by atoms with Crippen LogP contribution in [0.1, 0.15) is 28.4 Å². The molecule has 0 unspecified atom stereocenters. The molecular weight excluding hydrogens is 322 g/mol. The van der Waals surface area contributed by atoms with Gasteiger partial charge in [-0.05, 0) is 37.6 Å². The number of methoxy groups -OCH3 is 1. The van der Waals surface area contributed by atoms with Crippen LogP contribution in [0.25, 0.3) is 6.08 Å². The third-order valence-electron chi connectivity index (χ3n) is 3.61. The van der Waals surface area contributed by atoms with Crippen molar-refractivity contribution in [3.63, 3.8) is 0 Å². The quantitative estimate of drug-likeness (QED) is 0.326. The molecule has 2 aromatic rings. The van der Waals surface area contributed by atoms with Gasteiger partial charge in [-0.1, -0.05) is 24.3 Å². The van der Waals surface area contributed by atoms with Crippen LogP contribution in [0.5, 0.6) is 11.5 Å². The first kappa shape index (κ1) is 18.2. The summed E-state index contributed by atoms with van der Waals surface area (Å²) in [4.78, 5) is 22.8. The summed E-state index contributed by atoms with van der Waals surface area (Å²) in [7, 11) is 1.56. The first-order chi connectivity index (χ1) is 12.0. The average Bonchev–Trinajstić information content (AvgIpc) is 2.60. The van der Waals surface area contributed by atoms with E-state index in [2.05, 4.69) is 0 Å². The van der Waals surface area contributed by atoms with E-state index in [9.17, 15) is 14.9 Å². The zero-order valence-corrected chi connectivity index (χ0v) is 14.3. The van der Waals surface area contributed by atoms with Gasteiger partial charge in [0.2, 0.25) is 0 Å². The highest BCUT2D eigenvalue weighted by molar-refractivity contribution is 6.07. The number of rotatable bonds is 7. The van der Waals surface area contributed by atoms with Crippen molar-refractivity contribution in [3.05, 3.63) is 69.3 Å². The number of benzene rings is 2.